The molecule has 0 spiro atoms. The van der Waals surface area contributed by atoms with Crippen LogP contribution in [-0.2, 0) is 10.0 Å². The molecule has 116 valence electrons. The van der Waals surface area contributed by atoms with Gasteiger partial charge < -0.3 is 5.11 Å². The highest BCUT2D eigenvalue weighted by molar-refractivity contribution is 7.89. The second kappa shape index (κ2) is 7.50. The van der Waals surface area contributed by atoms with Gasteiger partial charge in [0.1, 0.15) is 23.1 Å². The Balaban J connectivity index is 3.21. The Bertz CT molecular complexity index is 661. The minimum absolute atomic E-state index is 0.143. The van der Waals surface area contributed by atoms with Crippen molar-refractivity contribution in [3.05, 3.63) is 29.3 Å². The van der Waals surface area contributed by atoms with Crippen LogP contribution in [-0.4, -0.2) is 26.7 Å². The van der Waals surface area contributed by atoms with Crippen molar-refractivity contribution in [2.75, 3.05) is 13.2 Å². The molecule has 0 fully saturated rings. The molecule has 1 aromatic rings. The number of hydrogen-bond donors (Lipinski definition) is 2. The zero-order valence-electron chi connectivity index (χ0n) is 11.8. The Hall–Kier alpha value is -1.49. The van der Waals surface area contributed by atoms with E-state index in [0.29, 0.717) is 12.5 Å². The summed E-state index contributed by atoms with van der Waals surface area (Å²) in [5, 5.41) is 8.64. The first kappa shape index (κ1) is 17.6. The summed E-state index contributed by atoms with van der Waals surface area (Å²) in [6.45, 7) is 3.44. The van der Waals surface area contributed by atoms with Gasteiger partial charge in [-0.1, -0.05) is 25.7 Å². The van der Waals surface area contributed by atoms with Crippen molar-refractivity contribution in [3.8, 4) is 11.8 Å². The Morgan fingerprint density at radius 3 is 2.57 bits per heavy atom. The van der Waals surface area contributed by atoms with Gasteiger partial charge in [-0.05, 0) is 18.4 Å². The first-order chi connectivity index (χ1) is 9.77. The lowest BCUT2D eigenvalue weighted by Crippen LogP contribution is -2.27. The SMILES string of the molecule is CC(C)CCNS(=O)(=O)c1c(F)cc(F)cc1C#CCO. The van der Waals surface area contributed by atoms with E-state index in [1.54, 1.807) is 0 Å². The molecule has 2 N–H and O–H groups in total. The first-order valence-electron chi connectivity index (χ1n) is 6.36. The van der Waals surface area contributed by atoms with Crippen molar-refractivity contribution in [3.63, 3.8) is 0 Å². The first-order valence-corrected chi connectivity index (χ1v) is 7.84. The second-order valence-corrected chi connectivity index (χ2v) is 6.51. The van der Waals surface area contributed by atoms with Gasteiger partial charge in [0.25, 0.3) is 0 Å². The third-order valence-corrected chi connectivity index (χ3v) is 4.13. The highest BCUT2D eigenvalue weighted by Gasteiger charge is 2.23. The van der Waals surface area contributed by atoms with Gasteiger partial charge in [0.2, 0.25) is 10.0 Å². The van der Waals surface area contributed by atoms with Crippen LogP contribution < -0.4 is 4.72 Å². The fraction of sp³-hybridized carbons (Fsp3) is 0.429. The maximum atomic E-state index is 13.8. The number of aliphatic hydroxyl groups excluding tert-OH is 1. The molecule has 0 heterocycles. The van der Waals surface area contributed by atoms with Crippen molar-refractivity contribution in [1.29, 1.82) is 0 Å². The number of benzene rings is 1. The van der Waals surface area contributed by atoms with E-state index in [9.17, 15) is 17.2 Å². The molecule has 0 radical (unpaired) electrons. The maximum Gasteiger partial charge on any atom is 0.244 e. The van der Waals surface area contributed by atoms with Crippen LogP contribution in [0.5, 0.6) is 0 Å². The monoisotopic (exact) mass is 317 g/mol. The highest BCUT2D eigenvalue weighted by atomic mass is 32.2. The lowest BCUT2D eigenvalue weighted by molar-refractivity contribution is 0.350. The summed E-state index contributed by atoms with van der Waals surface area (Å²) >= 11 is 0. The van der Waals surface area contributed by atoms with Gasteiger partial charge in [0.15, 0.2) is 0 Å². The zero-order chi connectivity index (χ0) is 16.0. The fourth-order valence-corrected chi connectivity index (χ4v) is 2.86. The smallest absolute Gasteiger partial charge is 0.244 e. The van der Waals surface area contributed by atoms with Crippen molar-refractivity contribution in [2.45, 2.75) is 25.2 Å². The summed E-state index contributed by atoms with van der Waals surface area (Å²) in [5.41, 5.74) is -0.321. The van der Waals surface area contributed by atoms with Crippen molar-refractivity contribution >= 4 is 10.0 Å². The van der Waals surface area contributed by atoms with Gasteiger partial charge >= 0.3 is 0 Å². The molecule has 0 bridgehead atoms. The largest absolute Gasteiger partial charge is 0.384 e. The Labute approximate surface area is 123 Å². The molecule has 0 atom stereocenters. The average molecular weight is 317 g/mol. The van der Waals surface area contributed by atoms with E-state index < -0.39 is 33.2 Å². The van der Waals surface area contributed by atoms with Gasteiger partial charge in [-0.3, -0.25) is 0 Å². The molecule has 1 rings (SSSR count). The predicted molar refractivity (Wildman–Crippen MR) is 75.0 cm³/mol. The topological polar surface area (TPSA) is 66.4 Å². The molecular formula is C14H17F2NO3S. The minimum atomic E-state index is -4.14. The standard InChI is InChI=1S/C14H17F2NO3S/c1-10(2)5-6-17-21(19,20)14-11(4-3-7-18)8-12(15)9-13(14)16/h8-10,17-18H,5-7H2,1-2H3. The summed E-state index contributed by atoms with van der Waals surface area (Å²) in [7, 11) is -4.14. The van der Waals surface area contributed by atoms with E-state index >= 15 is 0 Å². The number of sulfonamides is 1. The summed E-state index contributed by atoms with van der Waals surface area (Å²) in [6.07, 6.45) is 0.583. The molecule has 0 aliphatic carbocycles. The van der Waals surface area contributed by atoms with E-state index in [1.165, 1.54) is 0 Å². The molecular weight excluding hydrogens is 300 g/mol. The second-order valence-electron chi connectivity index (χ2n) is 4.80. The number of hydrogen-bond acceptors (Lipinski definition) is 3. The maximum absolute atomic E-state index is 13.8. The number of rotatable bonds is 5. The molecule has 0 saturated heterocycles. The third kappa shape index (κ3) is 5.08. The molecule has 0 aliphatic rings. The zero-order valence-corrected chi connectivity index (χ0v) is 12.6. The van der Waals surface area contributed by atoms with Gasteiger partial charge in [-0.25, -0.2) is 21.9 Å². The Kier molecular flexibility index (Phi) is 6.27. The molecule has 7 heteroatoms. The van der Waals surface area contributed by atoms with Crippen molar-refractivity contribution < 1.29 is 22.3 Å². The normalized spacial score (nSPS) is 11.3. The Morgan fingerprint density at radius 2 is 2.00 bits per heavy atom. The molecule has 1 aromatic carbocycles. The molecule has 0 unspecified atom stereocenters. The average Bonchev–Trinajstić information content (AvgIpc) is 2.34. The molecule has 4 nitrogen and oxygen atoms in total. The number of nitrogens with one attached hydrogen (secondary N) is 1. The van der Waals surface area contributed by atoms with E-state index in [2.05, 4.69) is 16.6 Å². The number of aliphatic hydroxyl groups is 1. The lowest BCUT2D eigenvalue weighted by atomic mass is 10.1. The van der Waals surface area contributed by atoms with Gasteiger partial charge in [0, 0.05) is 12.6 Å². The molecule has 0 saturated carbocycles. The van der Waals surface area contributed by atoms with E-state index in [1.807, 2.05) is 13.8 Å². The van der Waals surface area contributed by atoms with E-state index in [4.69, 9.17) is 5.11 Å². The van der Waals surface area contributed by atoms with Crippen LogP contribution in [0.2, 0.25) is 0 Å². The van der Waals surface area contributed by atoms with Gasteiger partial charge in [-0.15, -0.1) is 0 Å². The van der Waals surface area contributed by atoms with Crippen molar-refractivity contribution in [2.24, 2.45) is 5.92 Å². The van der Waals surface area contributed by atoms with Crippen LogP contribution in [0.1, 0.15) is 25.8 Å². The minimum Gasteiger partial charge on any atom is -0.384 e. The van der Waals surface area contributed by atoms with Crippen LogP contribution in [0.4, 0.5) is 8.78 Å². The lowest BCUT2D eigenvalue weighted by Gasteiger charge is -2.11. The summed E-state index contributed by atoms with van der Waals surface area (Å²) in [4.78, 5) is -0.700. The van der Waals surface area contributed by atoms with Gasteiger partial charge in [0.05, 0.1) is 5.56 Å². The predicted octanol–water partition coefficient (Wildman–Crippen LogP) is 1.63. The van der Waals surface area contributed by atoms with Gasteiger partial charge in [-0.2, -0.15) is 0 Å². The van der Waals surface area contributed by atoms with E-state index in [0.717, 1.165) is 6.07 Å². The quantitative estimate of drug-likeness (QED) is 0.811. The Morgan fingerprint density at radius 1 is 1.33 bits per heavy atom. The van der Waals surface area contributed by atoms with Crippen LogP contribution in [0.3, 0.4) is 0 Å². The van der Waals surface area contributed by atoms with Crippen LogP contribution in [0.25, 0.3) is 0 Å². The van der Waals surface area contributed by atoms with Crippen LogP contribution in [0.15, 0.2) is 17.0 Å². The molecule has 0 aliphatic heterocycles. The fourth-order valence-electron chi connectivity index (χ4n) is 1.62. The van der Waals surface area contributed by atoms with E-state index in [-0.39, 0.29) is 18.0 Å². The van der Waals surface area contributed by atoms with Crippen LogP contribution >= 0.6 is 0 Å². The molecule has 0 aromatic heterocycles. The summed E-state index contributed by atoms with van der Waals surface area (Å²) in [6, 6.07) is 1.31. The van der Waals surface area contributed by atoms with Crippen LogP contribution in [0, 0.1) is 29.4 Å². The summed E-state index contributed by atoms with van der Waals surface area (Å²) < 4.78 is 53.5. The third-order valence-electron chi connectivity index (χ3n) is 2.59. The summed E-state index contributed by atoms with van der Waals surface area (Å²) in [5.74, 6) is 2.57. The molecule has 0 amide bonds. The molecule has 21 heavy (non-hydrogen) atoms. The highest BCUT2D eigenvalue weighted by Crippen LogP contribution is 2.21. The number of halogens is 2. The van der Waals surface area contributed by atoms with Crippen molar-refractivity contribution in [1.82, 2.24) is 4.72 Å².